The maximum atomic E-state index is 10.9. The first kappa shape index (κ1) is 13.4. The van der Waals surface area contributed by atoms with Crippen molar-refractivity contribution >= 4 is 5.97 Å². The summed E-state index contributed by atoms with van der Waals surface area (Å²) in [5, 5.41) is 8.95. The molecule has 108 valence electrons. The van der Waals surface area contributed by atoms with Gasteiger partial charge in [0.15, 0.2) is 0 Å². The largest absolute Gasteiger partial charge is 0.491 e. The van der Waals surface area contributed by atoms with E-state index in [2.05, 4.69) is 0 Å². The maximum Gasteiger partial charge on any atom is 0.335 e. The van der Waals surface area contributed by atoms with E-state index >= 15 is 0 Å². The Bertz CT molecular complexity index is 491. The molecule has 1 atom stereocenters. The zero-order valence-electron chi connectivity index (χ0n) is 11.5. The molecule has 0 amide bonds. The molecule has 1 aliphatic carbocycles. The summed E-state index contributed by atoms with van der Waals surface area (Å²) in [4.78, 5) is 10.9. The molecule has 0 radical (unpaired) electrons. The van der Waals surface area contributed by atoms with Crippen molar-refractivity contribution in [2.24, 2.45) is 0 Å². The molecule has 1 spiro atoms. The van der Waals surface area contributed by atoms with Crippen LogP contribution >= 0.6 is 0 Å². The molecule has 1 saturated heterocycles. The van der Waals surface area contributed by atoms with Crippen molar-refractivity contribution in [2.45, 2.75) is 50.2 Å². The molecule has 1 unspecified atom stereocenters. The number of rotatable bonds is 4. The summed E-state index contributed by atoms with van der Waals surface area (Å²) in [5.74, 6) is -0.335. The number of ether oxygens (including phenoxy) is 2. The standard InChI is InChI=1S/C16H20O4/c17-15(18)12-4-3-5-13(10-12)19-11-14-6-9-16(20-14)7-1-2-8-16/h3-5,10,14H,1-2,6-9,11H2,(H,17,18). The fourth-order valence-corrected chi connectivity index (χ4v) is 3.31. The van der Waals surface area contributed by atoms with Gasteiger partial charge in [0, 0.05) is 0 Å². The molecule has 2 fully saturated rings. The number of hydrogen-bond donors (Lipinski definition) is 1. The number of benzene rings is 1. The highest BCUT2D eigenvalue weighted by Gasteiger charge is 2.42. The van der Waals surface area contributed by atoms with Crippen LogP contribution in [0.25, 0.3) is 0 Å². The minimum atomic E-state index is -0.933. The Hall–Kier alpha value is -1.55. The number of aromatic carboxylic acids is 1. The van der Waals surface area contributed by atoms with E-state index in [0.717, 1.165) is 12.8 Å². The second kappa shape index (κ2) is 5.44. The summed E-state index contributed by atoms with van der Waals surface area (Å²) >= 11 is 0. The van der Waals surface area contributed by atoms with E-state index in [0.29, 0.717) is 12.4 Å². The average molecular weight is 276 g/mol. The summed E-state index contributed by atoms with van der Waals surface area (Å²) < 4.78 is 11.9. The number of carboxylic acids is 1. The molecule has 4 nitrogen and oxygen atoms in total. The predicted molar refractivity (Wildman–Crippen MR) is 74.2 cm³/mol. The van der Waals surface area contributed by atoms with Crippen LogP contribution in [0.3, 0.4) is 0 Å². The van der Waals surface area contributed by atoms with Gasteiger partial charge < -0.3 is 14.6 Å². The van der Waals surface area contributed by atoms with Gasteiger partial charge in [-0.3, -0.25) is 0 Å². The highest BCUT2D eigenvalue weighted by molar-refractivity contribution is 5.87. The van der Waals surface area contributed by atoms with Crippen LogP contribution in [0.2, 0.25) is 0 Å². The van der Waals surface area contributed by atoms with Crippen LogP contribution in [0.5, 0.6) is 5.75 Å². The highest BCUT2D eigenvalue weighted by Crippen LogP contribution is 2.43. The van der Waals surface area contributed by atoms with E-state index in [1.807, 2.05) is 0 Å². The lowest BCUT2D eigenvalue weighted by molar-refractivity contribution is -0.0508. The van der Waals surface area contributed by atoms with Crippen molar-refractivity contribution in [2.75, 3.05) is 6.61 Å². The molecule has 2 aliphatic rings. The molecule has 1 heterocycles. The van der Waals surface area contributed by atoms with E-state index in [1.165, 1.54) is 25.7 Å². The lowest BCUT2D eigenvalue weighted by atomic mass is 9.98. The van der Waals surface area contributed by atoms with Gasteiger partial charge in [-0.15, -0.1) is 0 Å². The second-order valence-electron chi connectivity index (χ2n) is 5.81. The third-order valence-corrected chi connectivity index (χ3v) is 4.37. The van der Waals surface area contributed by atoms with Crippen LogP contribution in [0.1, 0.15) is 48.9 Å². The van der Waals surface area contributed by atoms with Gasteiger partial charge in [0.25, 0.3) is 0 Å². The van der Waals surface area contributed by atoms with Crippen molar-refractivity contribution in [3.63, 3.8) is 0 Å². The summed E-state index contributed by atoms with van der Waals surface area (Å²) in [7, 11) is 0. The van der Waals surface area contributed by atoms with Crippen LogP contribution < -0.4 is 4.74 Å². The number of hydrogen-bond acceptors (Lipinski definition) is 3. The lowest BCUT2D eigenvalue weighted by Gasteiger charge is -2.23. The molecule has 4 heteroatoms. The van der Waals surface area contributed by atoms with Gasteiger partial charge in [0.1, 0.15) is 12.4 Å². The van der Waals surface area contributed by atoms with Gasteiger partial charge in [-0.2, -0.15) is 0 Å². The molecule has 0 aromatic heterocycles. The third kappa shape index (κ3) is 2.80. The molecule has 1 aromatic carbocycles. The SMILES string of the molecule is O=C(O)c1cccc(OCC2CCC3(CCCC3)O2)c1. The van der Waals surface area contributed by atoms with E-state index in [1.54, 1.807) is 24.3 Å². The van der Waals surface area contributed by atoms with Crippen LogP contribution in [0, 0.1) is 0 Å². The molecular formula is C16H20O4. The Kier molecular flexibility index (Phi) is 3.66. The first-order valence-electron chi connectivity index (χ1n) is 7.31. The molecule has 1 N–H and O–H groups in total. The minimum absolute atomic E-state index is 0.122. The van der Waals surface area contributed by atoms with Crippen LogP contribution in [-0.4, -0.2) is 29.4 Å². The van der Waals surface area contributed by atoms with Gasteiger partial charge in [-0.25, -0.2) is 4.79 Å². The Balaban J connectivity index is 1.55. The first-order valence-corrected chi connectivity index (χ1v) is 7.31. The summed E-state index contributed by atoms with van der Waals surface area (Å²) in [6.45, 7) is 0.505. The van der Waals surface area contributed by atoms with Crippen molar-refractivity contribution in [1.82, 2.24) is 0 Å². The molecule has 1 saturated carbocycles. The quantitative estimate of drug-likeness (QED) is 0.917. The van der Waals surface area contributed by atoms with Gasteiger partial charge >= 0.3 is 5.97 Å². The monoisotopic (exact) mass is 276 g/mol. The lowest BCUT2D eigenvalue weighted by Crippen LogP contribution is -2.27. The minimum Gasteiger partial charge on any atom is -0.491 e. The van der Waals surface area contributed by atoms with Gasteiger partial charge in [0.2, 0.25) is 0 Å². The zero-order chi connectivity index (χ0) is 14.0. The van der Waals surface area contributed by atoms with Crippen molar-refractivity contribution in [3.05, 3.63) is 29.8 Å². The van der Waals surface area contributed by atoms with Crippen molar-refractivity contribution < 1.29 is 19.4 Å². The van der Waals surface area contributed by atoms with Crippen LogP contribution in [0.4, 0.5) is 0 Å². The van der Waals surface area contributed by atoms with E-state index in [9.17, 15) is 4.79 Å². The van der Waals surface area contributed by atoms with Crippen LogP contribution in [0.15, 0.2) is 24.3 Å². The van der Waals surface area contributed by atoms with Crippen LogP contribution in [-0.2, 0) is 4.74 Å². The maximum absolute atomic E-state index is 10.9. The summed E-state index contributed by atoms with van der Waals surface area (Å²) in [5.41, 5.74) is 0.374. The molecule has 20 heavy (non-hydrogen) atoms. The fourth-order valence-electron chi connectivity index (χ4n) is 3.31. The zero-order valence-corrected chi connectivity index (χ0v) is 11.5. The second-order valence-corrected chi connectivity index (χ2v) is 5.81. The van der Waals surface area contributed by atoms with Gasteiger partial charge in [-0.1, -0.05) is 18.9 Å². The van der Waals surface area contributed by atoms with Crippen molar-refractivity contribution in [1.29, 1.82) is 0 Å². The predicted octanol–water partition coefficient (Wildman–Crippen LogP) is 3.26. The third-order valence-electron chi connectivity index (χ3n) is 4.37. The Morgan fingerprint density at radius 1 is 1.35 bits per heavy atom. The highest BCUT2D eigenvalue weighted by atomic mass is 16.6. The topological polar surface area (TPSA) is 55.8 Å². The normalized spacial score (nSPS) is 24.1. The van der Waals surface area contributed by atoms with E-state index < -0.39 is 5.97 Å². The summed E-state index contributed by atoms with van der Waals surface area (Å²) in [6, 6.07) is 6.61. The van der Waals surface area contributed by atoms with Gasteiger partial charge in [-0.05, 0) is 43.9 Å². The molecule has 3 rings (SSSR count). The molecule has 0 bridgehead atoms. The Morgan fingerprint density at radius 2 is 2.15 bits per heavy atom. The molecule has 1 aliphatic heterocycles. The fraction of sp³-hybridized carbons (Fsp3) is 0.562. The molecular weight excluding hydrogens is 256 g/mol. The number of carboxylic acid groups (broad SMARTS) is 1. The average Bonchev–Trinajstić information content (AvgIpc) is 3.08. The first-order chi connectivity index (χ1) is 9.67. The Labute approximate surface area is 118 Å². The number of carbonyl (C=O) groups is 1. The van der Waals surface area contributed by atoms with Crippen molar-refractivity contribution in [3.8, 4) is 5.75 Å². The smallest absolute Gasteiger partial charge is 0.335 e. The van der Waals surface area contributed by atoms with Gasteiger partial charge in [0.05, 0.1) is 17.3 Å². The molecule has 1 aromatic rings. The van der Waals surface area contributed by atoms with E-state index in [4.69, 9.17) is 14.6 Å². The Morgan fingerprint density at radius 3 is 2.90 bits per heavy atom. The summed E-state index contributed by atoms with van der Waals surface area (Å²) in [6.07, 6.45) is 7.22. The van der Waals surface area contributed by atoms with E-state index in [-0.39, 0.29) is 17.3 Å².